The predicted octanol–water partition coefficient (Wildman–Crippen LogP) is 3.00. The van der Waals surface area contributed by atoms with E-state index in [0.29, 0.717) is 0 Å². The van der Waals surface area contributed by atoms with E-state index in [-0.39, 0.29) is 41.1 Å². The molecule has 118 valence electrons. The summed E-state index contributed by atoms with van der Waals surface area (Å²) in [5.41, 5.74) is 7.24. The third kappa shape index (κ3) is 2.60. The van der Waals surface area contributed by atoms with Crippen LogP contribution in [0.15, 0.2) is 0 Å². The van der Waals surface area contributed by atoms with Gasteiger partial charge >= 0.3 is 0 Å². The van der Waals surface area contributed by atoms with Crippen molar-refractivity contribution in [1.29, 1.82) is 0 Å². The fourth-order valence-corrected chi connectivity index (χ4v) is 4.59. The van der Waals surface area contributed by atoms with E-state index < -0.39 is 0 Å². The maximum absolute atomic E-state index is 12.4. The molecule has 1 saturated carbocycles. The summed E-state index contributed by atoms with van der Waals surface area (Å²) >= 11 is 1.59. The van der Waals surface area contributed by atoms with Crippen LogP contribution in [0.2, 0.25) is 0 Å². The topological polar surface area (TPSA) is 68.0 Å². The monoisotopic (exact) mass is 329 g/mol. The van der Waals surface area contributed by atoms with E-state index in [4.69, 9.17) is 5.73 Å². The van der Waals surface area contributed by atoms with E-state index >= 15 is 0 Å². The quantitative estimate of drug-likeness (QED) is 0.876. The Labute approximate surface area is 136 Å². The number of nitrogens with one attached hydrogen (secondary N) is 1. The Morgan fingerprint density at radius 2 is 1.95 bits per heavy atom. The number of nitrogens with two attached hydrogens (primary N) is 1. The summed E-state index contributed by atoms with van der Waals surface area (Å²) in [4.78, 5) is 18.2. The molecule has 3 N–H and O–H groups in total. The SMILES string of the molecule is CC1(C)C(C(=O)Nc2nc3c(s2)C[C@@H](N)CC3)C1(C)C.Cl. The molecule has 2 aliphatic carbocycles. The zero-order valence-corrected chi connectivity index (χ0v) is 14.7. The summed E-state index contributed by atoms with van der Waals surface area (Å²) in [7, 11) is 0. The van der Waals surface area contributed by atoms with Crippen LogP contribution >= 0.6 is 23.7 Å². The van der Waals surface area contributed by atoms with Crippen LogP contribution in [-0.2, 0) is 17.6 Å². The second kappa shape index (κ2) is 5.21. The molecule has 0 spiro atoms. The third-order valence-electron chi connectivity index (χ3n) is 5.49. The lowest BCUT2D eigenvalue weighted by Gasteiger charge is -2.15. The minimum absolute atomic E-state index is 0. The molecular weight excluding hydrogens is 306 g/mol. The number of thiazole rings is 1. The van der Waals surface area contributed by atoms with Crippen LogP contribution in [0.25, 0.3) is 0 Å². The number of aromatic nitrogens is 1. The molecular formula is C15H24ClN3OS. The van der Waals surface area contributed by atoms with Crippen molar-refractivity contribution in [3.63, 3.8) is 0 Å². The molecule has 1 aromatic rings. The Morgan fingerprint density at radius 3 is 2.52 bits per heavy atom. The highest BCUT2D eigenvalue weighted by molar-refractivity contribution is 7.15. The van der Waals surface area contributed by atoms with Crippen LogP contribution in [0, 0.1) is 16.7 Å². The zero-order chi connectivity index (χ0) is 14.7. The lowest BCUT2D eigenvalue weighted by atomic mass is 9.99. The molecule has 4 nitrogen and oxygen atoms in total. The van der Waals surface area contributed by atoms with Crippen LogP contribution < -0.4 is 11.1 Å². The first-order chi connectivity index (χ1) is 9.23. The summed E-state index contributed by atoms with van der Waals surface area (Å²) in [5.74, 6) is 0.175. The van der Waals surface area contributed by atoms with Crippen LogP contribution in [0.4, 0.5) is 5.13 Å². The number of fused-ring (bicyclic) bond motifs is 1. The number of hydrogen-bond donors (Lipinski definition) is 2. The highest BCUT2D eigenvalue weighted by atomic mass is 35.5. The van der Waals surface area contributed by atoms with E-state index in [1.54, 1.807) is 11.3 Å². The number of rotatable bonds is 2. The number of amides is 1. The minimum atomic E-state index is 0. The molecule has 0 saturated heterocycles. The van der Waals surface area contributed by atoms with E-state index in [1.807, 2.05) is 0 Å². The molecule has 21 heavy (non-hydrogen) atoms. The molecule has 1 aromatic heterocycles. The number of anilines is 1. The Balaban J connectivity index is 0.00000161. The highest BCUT2D eigenvalue weighted by Gasteiger charge is 2.68. The molecule has 0 bridgehead atoms. The third-order valence-corrected chi connectivity index (χ3v) is 6.53. The van der Waals surface area contributed by atoms with Gasteiger partial charge in [0.15, 0.2) is 5.13 Å². The number of aryl methyl sites for hydroxylation is 1. The largest absolute Gasteiger partial charge is 0.327 e. The molecule has 0 aromatic carbocycles. The fourth-order valence-electron chi connectivity index (χ4n) is 3.48. The van der Waals surface area contributed by atoms with Crippen LogP contribution in [0.5, 0.6) is 0 Å². The molecule has 1 heterocycles. The Kier molecular flexibility index (Phi) is 4.15. The molecule has 1 fully saturated rings. The van der Waals surface area contributed by atoms with Gasteiger partial charge in [-0.05, 0) is 30.1 Å². The van der Waals surface area contributed by atoms with Crippen LogP contribution in [0.1, 0.15) is 44.7 Å². The first-order valence-corrected chi connectivity index (χ1v) is 8.10. The van der Waals surface area contributed by atoms with E-state index in [1.165, 1.54) is 4.88 Å². The van der Waals surface area contributed by atoms with Crippen LogP contribution in [0.3, 0.4) is 0 Å². The maximum atomic E-state index is 12.4. The molecule has 1 amide bonds. The summed E-state index contributed by atoms with van der Waals surface area (Å²) in [6.45, 7) is 8.62. The normalized spacial score (nSPS) is 25.7. The van der Waals surface area contributed by atoms with Crippen molar-refractivity contribution in [2.75, 3.05) is 5.32 Å². The van der Waals surface area contributed by atoms with Gasteiger partial charge in [-0.3, -0.25) is 4.79 Å². The second-order valence-corrected chi connectivity index (χ2v) is 8.34. The van der Waals surface area contributed by atoms with Gasteiger partial charge in [0, 0.05) is 16.8 Å². The molecule has 6 heteroatoms. The standard InChI is InChI=1S/C15H23N3OS.ClH/c1-14(2)11(15(14,3)4)12(19)18-13-17-9-6-5-8(16)7-10(9)20-13;/h8,11H,5-7,16H2,1-4H3,(H,17,18,19);1H/t8-;/m0./s1. The van der Waals surface area contributed by atoms with Crippen molar-refractivity contribution >= 4 is 34.8 Å². The van der Waals surface area contributed by atoms with E-state index in [2.05, 4.69) is 38.0 Å². The van der Waals surface area contributed by atoms with Gasteiger partial charge in [0.2, 0.25) is 5.91 Å². The summed E-state index contributed by atoms with van der Waals surface area (Å²) in [5, 5.41) is 3.76. The van der Waals surface area contributed by atoms with Gasteiger partial charge in [-0.2, -0.15) is 0 Å². The van der Waals surface area contributed by atoms with Gasteiger partial charge in [0.1, 0.15) is 0 Å². The van der Waals surface area contributed by atoms with Crippen LogP contribution in [-0.4, -0.2) is 16.9 Å². The van der Waals surface area contributed by atoms with E-state index in [0.717, 1.165) is 30.1 Å². The van der Waals surface area contributed by atoms with Gasteiger partial charge in [-0.25, -0.2) is 4.98 Å². The van der Waals surface area contributed by atoms with Crippen molar-refractivity contribution in [3.05, 3.63) is 10.6 Å². The number of carbonyl (C=O) groups excluding carboxylic acids is 1. The Hall–Kier alpha value is -0.650. The average molecular weight is 330 g/mol. The van der Waals surface area contributed by atoms with Gasteiger partial charge < -0.3 is 11.1 Å². The number of carbonyl (C=O) groups is 1. The van der Waals surface area contributed by atoms with Gasteiger partial charge in [0.25, 0.3) is 0 Å². The molecule has 2 aliphatic rings. The highest BCUT2D eigenvalue weighted by Crippen LogP contribution is 2.68. The first kappa shape index (κ1) is 16.7. The molecule has 3 rings (SSSR count). The van der Waals surface area contributed by atoms with Crippen molar-refractivity contribution in [3.8, 4) is 0 Å². The van der Waals surface area contributed by atoms with Crippen molar-refractivity contribution < 1.29 is 4.79 Å². The Bertz CT molecular complexity index is 553. The average Bonchev–Trinajstić information content (AvgIpc) is 2.62. The molecule has 0 unspecified atom stereocenters. The minimum Gasteiger partial charge on any atom is -0.327 e. The Morgan fingerprint density at radius 1 is 1.33 bits per heavy atom. The van der Waals surface area contributed by atoms with Gasteiger partial charge in [-0.1, -0.05) is 27.7 Å². The lowest BCUT2D eigenvalue weighted by molar-refractivity contribution is -0.118. The zero-order valence-electron chi connectivity index (χ0n) is 13.0. The fraction of sp³-hybridized carbons (Fsp3) is 0.733. The number of nitrogens with zero attached hydrogens (tertiary/aromatic N) is 1. The second-order valence-electron chi connectivity index (χ2n) is 7.26. The van der Waals surface area contributed by atoms with Crippen molar-refractivity contribution in [2.24, 2.45) is 22.5 Å². The molecule has 0 aliphatic heterocycles. The lowest BCUT2D eigenvalue weighted by Crippen LogP contribution is -2.27. The van der Waals surface area contributed by atoms with Gasteiger partial charge in [0.05, 0.1) is 5.69 Å². The number of halogens is 1. The van der Waals surface area contributed by atoms with E-state index in [9.17, 15) is 4.79 Å². The molecule has 0 radical (unpaired) electrons. The van der Waals surface area contributed by atoms with Gasteiger partial charge in [-0.15, -0.1) is 23.7 Å². The van der Waals surface area contributed by atoms with Crippen molar-refractivity contribution in [1.82, 2.24) is 4.98 Å². The number of hydrogen-bond acceptors (Lipinski definition) is 4. The first-order valence-electron chi connectivity index (χ1n) is 7.28. The summed E-state index contributed by atoms with van der Waals surface area (Å²) in [6, 6.07) is 0.243. The van der Waals surface area contributed by atoms with Crippen molar-refractivity contribution in [2.45, 2.75) is 53.0 Å². The predicted molar refractivity (Wildman–Crippen MR) is 89.0 cm³/mol. The smallest absolute Gasteiger partial charge is 0.230 e. The summed E-state index contributed by atoms with van der Waals surface area (Å²) < 4.78 is 0. The molecule has 1 atom stereocenters. The maximum Gasteiger partial charge on any atom is 0.230 e. The summed E-state index contributed by atoms with van der Waals surface area (Å²) in [6.07, 6.45) is 2.82.